The van der Waals surface area contributed by atoms with E-state index in [4.69, 9.17) is 9.26 Å². The molecule has 1 aliphatic rings. The number of aryl methyl sites for hydroxylation is 1. The Bertz CT molecular complexity index is 1440. The number of hydrogen-bond donors (Lipinski definition) is 2. The number of aliphatic hydroxyl groups is 1. The van der Waals surface area contributed by atoms with Crippen molar-refractivity contribution >= 4 is 29.0 Å². The zero-order valence-electron chi connectivity index (χ0n) is 19.9. The Kier molecular flexibility index (Phi) is 6.06. The van der Waals surface area contributed by atoms with Crippen molar-refractivity contribution in [3.63, 3.8) is 0 Å². The Balaban J connectivity index is 1.43. The van der Waals surface area contributed by atoms with Crippen molar-refractivity contribution in [2.45, 2.75) is 18.6 Å². The normalized spacial score (nSPS) is 17.6. The van der Waals surface area contributed by atoms with Gasteiger partial charge in [0.15, 0.2) is 11.5 Å². The van der Waals surface area contributed by atoms with Crippen LogP contribution in [0.15, 0.2) is 47.1 Å². The first kappa shape index (κ1) is 23.7. The second kappa shape index (κ2) is 9.21. The fraction of sp³-hybridized carbons (Fsp3) is 0.292. The molecule has 1 saturated heterocycles. The molecule has 1 amide bonds. The minimum absolute atomic E-state index is 0.113. The second-order valence-electron chi connectivity index (χ2n) is 8.50. The molecule has 0 bridgehead atoms. The summed E-state index contributed by atoms with van der Waals surface area (Å²) in [5, 5.41) is 23.0. The third-order valence-corrected chi connectivity index (χ3v) is 7.16. The quantitative estimate of drug-likeness (QED) is 0.361. The van der Waals surface area contributed by atoms with E-state index in [1.807, 2.05) is 43.6 Å². The molecule has 4 heterocycles. The average Bonchev–Trinajstić information content (AvgIpc) is 3.68. The summed E-state index contributed by atoms with van der Waals surface area (Å²) in [6.45, 7) is 0.789. The van der Waals surface area contributed by atoms with Crippen molar-refractivity contribution < 1.29 is 24.0 Å². The maximum absolute atomic E-state index is 12.4. The van der Waals surface area contributed by atoms with Crippen LogP contribution in [0.3, 0.4) is 0 Å². The molecule has 5 rings (SSSR count). The first-order valence-corrected chi connectivity index (χ1v) is 12.0. The summed E-state index contributed by atoms with van der Waals surface area (Å²) in [5.41, 5.74) is 0.489. The number of amides is 1. The minimum Gasteiger partial charge on any atom is -0.464 e. The van der Waals surface area contributed by atoms with Gasteiger partial charge in [-0.2, -0.15) is 5.10 Å². The fourth-order valence-electron chi connectivity index (χ4n) is 4.03. The van der Waals surface area contributed by atoms with Gasteiger partial charge in [-0.1, -0.05) is 23.4 Å². The maximum atomic E-state index is 12.4. The van der Waals surface area contributed by atoms with Crippen LogP contribution in [0.5, 0.6) is 0 Å². The van der Waals surface area contributed by atoms with Crippen LogP contribution in [0, 0.1) is 0 Å². The third kappa shape index (κ3) is 4.25. The fourth-order valence-corrected chi connectivity index (χ4v) is 5.02. The van der Waals surface area contributed by atoms with Gasteiger partial charge in [0, 0.05) is 56.5 Å². The number of nitrogens with zero attached hydrogens (tertiary/aromatic N) is 5. The molecular formula is C24H24N6O5S. The van der Waals surface area contributed by atoms with Gasteiger partial charge in [-0.05, 0) is 6.07 Å². The van der Waals surface area contributed by atoms with Crippen molar-refractivity contribution in [2.75, 3.05) is 26.0 Å². The molecule has 36 heavy (non-hydrogen) atoms. The number of benzene rings is 1. The number of anilines is 1. The number of nitrogens with one attached hydrogen (secondary N) is 1. The topological polar surface area (TPSA) is 136 Å². The van der Waals surface area contributed by atoms with Crippen LogP contribution < -0.4 is 5.32 Å². The summed E-state index contributed by atoms with van der Waals surface area (Å²) in [6, 6.07) is 10.8. The zero-order chi connectivity index (χ0) is 25.4. The molecule has 0 aliphatic carbocycles. The van der Waals surface area contributed by atoms with Gasteiger partial charge in [-0.15, -0.1) is 11.3 Å². The Labute approximate surface area is 210 Å². The summed E-state index contributed by atoms with van der Waals surface area (Å²) in [7, 11) is 4.78. The first-order valence-electron chi connectivity index (χ1n) is 11.2. The highest BCUT2D eigenvalue weighted by atomic mass is 32.1. The predicted octanol–water partition coefficient (Wildman–Crippen LogP) is 2.65. The smallest absolute Gasteiger partial charge is 0.357 e. The van der Waals surface area contributed by atoms with E-state index in [-0.39, 0.29) is 17.9 Å². The highest BCUT2D eigenvalue weighted by Gasteiger charge is 2.48. The Hall–Kier alpha value is -4.03. The number of aromatic nitrogens is 4. The molecule has 0 unspecified atom stereocenters. The molecule has 2 N–H and O–H groups in total. The van der Waals surface area contributed by atoms with Gasteiger partial charge in [0.2, 0.25) is 5.60 Å². The van der Waals surface area contributed by atoms with E-state index in [1.54, 1.807) is 17.8 Å². The number of likely N-dealkylation sites (N-methyl/N-ethyl adjacent to an activating group) is 1. The summed E-state index contributed by atoms with van der Waals surface area (Å²) in [5.74, 6) is -0.140. The Morgan fingerprint density at radius 2 is 2.08 bits per heavy atom. The molecular weight excluding hydrogens is 484 g/mol. The monoisotopic (exact) mass is 508 g/mol. The van der Waals surface area contributed by atoms with Gasteiger partial charge in [0.25, 0.3) is 5.91 Å². The van der Waals surface area contributed by atoms with E-state index in [9.17, 15) is 14.7 Å². The number of hydrogen-bond acceptors (Lipinski definition) is 10. The first-order chi connectivity index (χ1) is 17.3. The minimum atomic E-state index is -1.71. The van der Waals surface area contributed by atoms with Gasteiger partial charge < -0.3 is 24.6 Å². The highest BCUT2D eigenvalue weighted by Crippen LogP contribution is 2.36. The Morgan fingerprint density at radius 1 is 1.28 bits per heavy atom. The average molecular weight is 509 g/mol. The van der Waals surface area contributed by atoms with E-state index < -0.39 is 17.5 Å². The lowest BCUT2D eigenvalue weighted by Gasteiger charge is -2.16. The van der Waals surface area contributed by atoms with Crippen LogP contribution in [-0.4, -0.2) is 62.5 Å². The van der Waals surface area contributed by atoms with Crippen molar-refractivity contribution in [1.82, 2.24) is 24.8 Å². The Morgan fingerprint density at radius 3 is 2.78 bits per heavy atom. The van der Waals surface area contributed by atoms with Crippen molar-refractivity contribution in [2.24, 2.45) is 7.05 Å². The molecule has 3 aromatic heterocycles. The molecule has 0 saturated carbocycles. The van der Waals surface area contributed by atoms with Gasteiger partial charge >= 0.3 is 5.97 Å². The molecule has 4 aromatic rings. The molecule has 1 fully saturated rings. The standard InChI is InChI=1S/C24H24N6O5S/c1-29-10-8-24(33,23(29)32)18-12-16(28-35-18)14-5-4-6-15(11-14)21-26-20(22(31)34-3)17(36-21)13-25-19-7-9-30(2)27-19/h4-7,9,11-12,33H,8,10,13H2,1-3H3,(H,25,27)/t24-/m1/s1. The van der Waals surface area contributed by atoms with Crippen LogP contribution in [0.2, 0.25) is 0 Å². The SMILES string of the molecule is COC(=O)c1nc(-c2cccc(-c3cc([C@]4(O)CCN(C)C4=O)on3)c2)sc1CNc1ccn(C)n1. The number of likely N-dealkylation sites (tertiary alicyclic amines) is 1. The third-order valence-electron chi connectivity index (χ3n) is 6.05. The van der Waals surface area contributed by atoms with Crippen LogP contribution >= 0.6 is 11.3 Å². The molecule has 1 aliphatic heterocycles. The largest absolute Gasteiger partial charge is 0.464 e. The van der Waals surface area contributed by atoms with E-state index in [0.717, 1.165) is 5.56 Å². The molecule has 186 valence electrons. The van der Waals surface area contributed by atoms with Gasteiger partial charge in [-0.25, -0.2) is 9.78 Å². The predicted molar refractivity (Wildman–Crippen MR) is 131 cm³/mol. The van der Waals surface area contributed by atoms with Gasteiger partial charge in [0.1, 0.15) is 16.5 Å². The number of carbonyl (C=O) groups is 2. The maximum Gasteiger partial charge on any atom is 0.357 e. The zero-order valence-corrected chi connectivity index (χ0v) is 20.7. The summed E-state index contributed by atoms with van der Waals surface area (Å²) in [6.07, 6.45) is 2.06. The van der Waals surface area contributed by atoms with Crippen molar-refractivity contribution in [3.05, 3.63) is 58.9 Å². The molecule has 1 atom stereocenters. The molecule has 0 spiro atoms. The number of carbonyl (C=O) groups excluding carboxylic acids is 2. The van der Waals surface area contributed by atoms with Crippen molar-refractivity contribution in [1.29, 1.82) is 0 Å². The van der Waals surface area contributed by atoms with Crippen LogP contribution in [0.25, 0.3) is 21.8 Å². The number of ether oxygens (including phenoxy) is 1. The summed E-state index contributed by atoms with van der Waals surface area (Å²) >= 11 is 1.37. The second-order valence-corrected chi connectivity index (χ2v) is 9.59. The van der Waals surface area contributed by atoms with Crippen molar-refractivity contribution in [3.8, 4) is 21.8 Å². The van der Waals surface area contributed by atoms with Crippen LogP contribution in [0.1, 0.15) is 27.5 Å². The molecule has 12 heteroatoms. The summed E-state index contributed by atoms with van der Waals surface area (Å²) < 4.78 is 12.0. The lowest BCUT2D eigenvalue weighted by atomic mass is 9.98. The number of rotatable bonds is 7. The van der Waals surface area contributed by atoms with E-state index in [1.165, 1.54) is 23.3 Å². The molecule has 0 radical (unpaired) electrons. The number of thiazole rings is 1. The number of methoxy groups -OCH3 is 1. The summed E-state index contributed by atoms with van der Waals surface area (Å²) in [4.78, 5) is 31.5. The lowest BCUT2D eigenvalue weighted by Crippen LogP contribution is -2.35. The molecule has 11 nitrogen and oxygen atoms in total. The van der Waals surface area contributed by atoms with E-state index in [0.29, 0.717) is 40.0 Å². The van der Waals surface area contributed by atoms with Crippen LogP contribution in [-0.2, 0) is 28.7 Å². The lowest BCUT2D eigenvalue weighted by molar-refractivity contribution is -0.144. The van der Waals surface area contributed by atoms with E-state index in [2.05, 4.69) is 20.6 Å². The van der Waals surface area contributed by atoms with E-state index >= 15 is 0 Å². The number of esters is 1. The van der Waals surface area contributed by atoms with Gasteiger partial charge in [-0.3, -0.25) is 9.48 Å². The van der Waals surface area contributed by atoms with Gasteiger partial charge in [0.05, 0.1) is 18.5 Å². The molecule has 1 aromatic carbocycles. The van der Waals surface area contributed by atoms with Crippen LogP contribution in [0.4, 0.5) is 5.82 Å². The highest BCUT2D eigenvalue weighted by molar-refractivity contribution is 7.15.